The molecule has 0 radical (unpaired) electrons. The summed E-state index contributed by atoms with van der Waals surface area (Å²) in [6, 6.07) is 29.4. The topological polar surface area (TPSA) is 88.1 Å². The summed E-state index contributed by atoms with van der Waals surface area (Å²) in [4.78, 5) is 42.9. The monoisotopic (exact) mass is 561 g/mol. The first-order valence-electron chi connectivity index (χ1n) is 13.3. The van der Waals surface area contributed by atoms with Crippen LogP contribution in [0, 0.1) is 11.8 Å². The molecule has 7 nitrogen and oxygen atoms in total. The third kappa shape index (κ3) is 3.52. The molecule has 202 valence electrons. The van der Waals surface area contributed by atoms with Crippen LogP contribution in [0.5, 0.6) is 5.75 Å². The van der Waals surface area contributed by atoms with Gasteiger partial charge in [0.25, 0.3) is 5.91 Å². The molecular weight excluding hydrogens is 538 g/mol. The van der Waals surface area contributed by atoms with Crippen molar-refractivity contribution in [3.05, 3.63) is 130 Å². The Bertz CT molecular complexity index is 1740. The van der Waals surface area contributed by atoms with Gasteiger partial charge in [-0.3, -0.25) is 14.4 Å². The molecule has 1 saturated heterocycles. The summed E-state index contributed by atoms with van der Waals surface area (Å²) >= 11 is 6.50. The molecule has 0 spiro atoms. The van der Waals surface area contributed by atoms with E-state index in [1.54, 1.807) is 54.7 Å². The van der Waals surface area contributed by atoms with Crippen LogP contribution in [0.15, 0.2) is 102 Å². The molecule has 1 aliphatic heterocycles. The number of halogens is 1. The Labute approximate surface area is 241 Å². The maximum Gasteiger partial charge on any atom is 0.271 e. The number of ether oxygens (including phenoxy) is 1. The van der Waals surface area contributed by atoms with Gasteiger partial charge in [-0.1, -0.05) is 78.3 Å². The zero-order valence-corrected chi connectivity index (χ0v) is 22.7. The molecule has 4 aromatic rings. The Balaban J connectivity index is 1.39. The van der Waals surface area contributed by atoms with Gasteiger partial charge in [0.15, 0.2) is 0 Å². The molecule has 41 heavy (non-hydrogen) atoms. The minimum absolute atomic E-state index is 0.291. The van der Waals surface area contributed by atoms with Crippen LogP contribution in [-0.2, 0) is 15.0 Å². The van der Waals surface area contributed by atoms with Crippen molar-refractivity contribution in [1.29, 1.82) is 0 Å². The second-order valence-electron chi connectivity index (χ2n) is 10.4. The first kappa shape index (κ1) is 25.2. The highest BCUT2D eigenvalue weighted by Crippen LogP contribution is 2.63. The number of imide groups is 1. The van der Waals surface area contributed by atoms with Crippen LogP contribution in [0.2, 0.25) is 5.02 Å². The second kappa shape index (κ2) is 9.42. The van der Waals surface area contributed by atoms with Crippen LogP contribution in [-0.4, -0.2) is 31.0 Å². The fourth-order valence-corrected chi connectivity index (χ4v) is 7.16. The maximum atomic E-state index is 14.4. The van der Waals surface area contributed by atoms with Crippen LogP contribution in [0.4, 0.5) is 5.69 Å². The van der Waals surface area contributed by atoms with E-state index >= 15 is 0 Å². The quantitative estimate of drug-likeness (QED) is 0.203. The number of nitrogens with zero attached hydrogens (tertiary/aromatic N) is 2. The molecule has 0 saturated carbocycles. The number of anilines is 1. The summed E-state index contributed by atoms with van der Waals surface area (Å²) in [5.41, 5.74) is 6.01. The number of hydrogen-bond acceptors (Lipinski definition) is 5. The van der Waals surface area contributed by atoms with E-state index in [1.165, 1.54) is 12.0 Å². The van der Waals surface area contributed by atoms with E-state index in [-0.39, 0.29) is 17.7 Å². The number of para-hydroxylation sites is 1. The van der Waals surface area contributed by atoms with Gasteiger partial charge in [-0.15, -0.1) is 0 Å². The van der Waals surface area contributed by atoms with Crippen LogP contribution >= 0.6 is 11.6 Å². The molecule has 3 aliphatic carbocycles. The SMILES string of the molecule is COc1cccc(C(=O)N/N=C\C23c4ccccc4C(c4ccccc42)[C@@H]2C(=O)N(c4ccccc4Cl)C(=O)[C@@H]23)c1. The van der Waals surface area contributed by atoms with Gasteiger partial charge in [-0.2, -0.15) is 5.10 Å². The first-order valence-corrected chi connectivity index (χ1v) is 13.6. The van der Waals surface area contributed by atoms with Crippen molar-refractivity contribution in [2.45, 2.75) is 11.3 Å². The van der Waals surface area contributed by atoms with Crippen LogP contribution in [0.3, 0.4) is 0 Å². The Morgan fingerprint density at radius 2 is 1.56 bits per heavy atom. The predicted molar refractivity (Wildman–Crippen MR) is 155 cm³/mol. The fraction of sp³-hybridized carbons (Fsp3) is 0.152. The Morgan fingerprint density at radius 1 is 0.902 bits per heavy atom. The predicted octanol–water partition coefficient (Wildman–Crippen LogP) is 5.32. The van der Waals surface area contributed by atoms with Crippen LogP contribution in [0.1, 0.15) is 38.5 Å². The van der Waals surface area contributed by atoms with Gasteiger partial charge >= 0.3 is 0 Å². The minimum atomic E-state index is -1.10. The van der Waals surface area contributed by atoms with E-state index in [9.17, 15) is 14.4 Å². The number of nitrogens with one attached hydrogen (secondary N) is 1. The summed E-state index contributed by atoms with van der Waals surface area (Å²) in [6.45, 7) is 0. The molecule has 8 heteroatoms. The van der Waals surface area contributed by atoms with Crippen molar-refractivity contribution in [2.24, 2.45) is 16.9 Å². The fourth-order valence-electron chi connectivity index (χ4n) is 6.94. The number of carbonyl (C=O) groups excluding carboxylic acids is 3. The second-order valence-corrected chi connectivity index (χ2v) is 10.8. The average Bonchev–Trinajstić information content (AvgIpc) is 3.28. The first-order chi connectivity index (χ1) is 20.0. The number of hydrogen-bond donors (Lipinski definition) is 1. The number of amides is 3. The van der Waals surface area contributed by atoms with Gasteiger partial charge in [-0.05, 0) is 52.6 Å². The molecule has 4 aromatic carbocycles. The van der Waals surface area contributed by atoms with Gasteiger partial charge in [0, 0.05) is 17.7 Å². The summed E-state index contributed by atoms with van der Waals surface area (Å²) in [5, 5.41) is 4.78. The number of rotatable bonds is 5. The highest BCUT2D eigenvalue weighted by Gasteiger charge is 2.68. The average molecular weight is 562 g/mol. The molecule has 3 amide bonds. The Hall–Kier alpha value is -4.75. The van der Waals surface area contributed by atoms with Gasteiger partial charge in [0.05, 0.1) is 35.1 Å². The van der Waals surface area contributed by atoms with Gasteiger partial charge in [-0.25, -0.2) is 10.3 Å². The molecule has 0 aromatic heterocycles. The minimum Gasteiger partial charge on any atom is -0.497 e. The molecule has 1 fully saturated rings. The molecule has 1 heterocycles. The molecule has 1 N–H and O–H groups in total. The standard InChI is InChI=1S/C33H24ClN3O4/c1-41-20-10-8-9-19(17-20)30(38)36-35-18-33-23-13-4-2-11-21(23)27(22-12-3-5-14-24(22)33)28-29(33)32(40)37(31(28)39)26-16-7-6-15-25(26)34/h2-18,27-29H,1H3,(H,36,38)/b35-18-/t27?,28-,29+,33?/m0/s1. The lowest BCUT2D eigenvalue weighted by Crippen LogP contribution is -2.54. The summed E-state index contributed by atoms with van der Waals surface area (Å²) in [6.07, 6.45) is 1.64. The molecular formula is C33H24ClN3O4. The number of carbonyl (C=O) groups is 3. The number of hydrazone groups is 1. The van der Waals surface area contributed by atoms with E-state index in [0.717, 1.165) is 22.3 Å². The third-order valence-corrected chi connectivity index (χ3v) is 8.86. The molecule has 2 bridgehead atoms. The van der Waals surface area contributed by atoms with Gasteiger partial charge < -0.3 is 4.74 Å². The van der Waals surface area contributed by atoms with Crippen molar-refractivity contribution in [1.82, 2.24) is 5.43 Å². The summed E-state index contributed by atoms with van der Waals surface area (Å²) in [7, 11) is 1.53. The largest absolute Gasteiger partial charge is 0.497 e. The third-order valence-electron chi connectivity index (χ3n) is 8.54. The lowest BCUT2D eigenvalue weighted by molar-refractivity contribution is -0.122. The normalized spacial score (nSPS) is 23.8. The van der Waals surface area contributed by atoms with E-state index in [4.69, 9.17) is 16.3 Å². The maximum absolute atomic E-state index is 14.4. The number of benzene rings is 4. The zero-order valence-electron chi connectivity index (χ0n) is 22.0. The molecule has 4 aliphatic rings. The van der Waals surface area contributed by atoms with Crippen molar-refractivity contribution >= 4 is 41.2 Å². The summed E-state index contributed by atoms with van der Waals surface area (Å²) in [5.74, 6) is -2.26. The Morgan fingerprint density at radius 3 is 2.24 bits per heavy atom. The highest BCUT2D eigenvalue weighted by atomic mass is 35.5. The molecule has 2 atom stereocenters. The molecule has 0 unspecified atom stereocenters. The van der Waals surface area contributed by atoms with Crippen molar-refractivity contribution < 1.29 is 19.1 Å². The summed E-state index contributed by atoms with van der Waals surface area (Å²) < 4.78 is 5.24. The lowest BCUT2D eigenvalue weighted by atomic mass is 9.47. The van der Waals surface area contributed by atoms with Gasteiger partial charge in [0.2, 0.25) is 11.8 Å². The van der Waals surface area contributed by atoms with E-state index in [0.29, 0.717) is 22.0 Å². The van der Waals surface area contributed by atoms with Gasteiger partial charge in [0.1, 0.15) is 5.75 Å². The van der Waals surface area contributed by atoms with E-state index < -0.39 is 23.2 Å². The lowest BCUT2D eigenvalue weighted by Gasteiger charge is -2.52. The van der Waals surface area contributed by atoms with Crippen molar-refractivity contribution in [3.63, 3.8) is 0 Å². The van der Waals surface area contributed by atoms with E-state index in [2.05, 4.69) is 10.5 Å². The van der Waals surface area contributed by atoms with E-state index in [1.807, 2.05) is 48.5 Å². The van der Waals surface area contributed by atoms with Crippen molar-refractivity contribution in [2.75, 3.05) is 12.0 Å². The zero-order chi connectivity index (χ0) is 28.3. The Kier molecular flexibility index (Phi) is 5.80. The van der Waals surface area contributed by atoms with Crippen LogP contribution in [0.25, 0.3) is 0 Å². The smallest absolute Gasteiger partial charge is 0.271 e. The highest BCUT2D eigenvalue weighted by molar-refractivity contribution is 6.36. The molecule has 8 rings (SSSR count). The van der Waals surface area contributed by atoms with Crippen LogP contribution < -0.4 is 15.1 Å². The number of methoxy groups -OCH3 is 1. The van der Waals surface area contributed by atoms with Crippen molar-refractivity contribution in [3.8, 4) is 5.75 Å².